The van der Waals surface area contributed by atoms with E-state index in [9.17, 15) is 0 Å². The van der Waals surface area contributed by atoms with Crippen LogP contribution in [0.1, 0.15) is 5.56 Å². The van der Waals surface area contributed by atoms with Gasteiger partial charge in [-0.15, -0.1) is 0 Å². The van der Waals surface area contributed by atoms with Crippen molar-refractivity contribution < 1.29 is 9.47 Å². The zero-order chi connectivity index (χ0) is 14.1. The molecule has 0 atom stereocenters. The third-order valence-electron chi connectivity index (χ3n) is 2.46. The zero-order valence-corrected chi connectivity index (χ0v) is 12.1. The monoisotopic (exact) mass is 279 g/mol. The van der Waals surface area contributed by atoms with Crippen LogP contribution in [0.5, 0.6) is 11.5 Å². The maximum absolute atomic E-state index is 8.52. The van der Waals surface area contributed by atoms with Crippen molar-refractivity contribution in [2.75, 3.05) is 27.0 Å². The van der Waals surface area contributed by atoms with Crippen LogP contribution in [-0.4, -0.2) is 32.2 Å². The predicted octanol–water partition coefficient (Wildman–Crippen LogP) is 2.04. The van der Waals surface area contributed by atoms with Gasteiger partial charge in [0.2, 0.25) is 0 Å². The van der Waals surface area contributed by atoms with Crippen molar-refractivity contribution in [1.82, 2.24) is 5.32 Å². The van der Waals surface area contributed by atoms with E-state index in [2.05, 4.69) is 10.3 Å². The molecule has 19 heavy (non-hydrogen) atoms. The first-order valence-electron chi connectivity index (χ1n) is 5.69. The summed E-state index contributed by atoms with van der Waals surface area (Å²) in [5, 5.41) is 11.7. The first-order chi connectivity index (χ1) is 9.24. The molecule has 6 heteroatoms. The second kappa shape index (κ2) is 8.27. The molecule has 0 bridgehead atoms. The molecular formula is C13H17N3O2S. The van der Waals surface area contributed by atoms with E-state index in [-0.39, 0.29) is 0 Å². The van der Waals surface area contributed by atoms with Crippen molar-refractivity contribution >= 4 is 16.9 Å². The van der Waals surface area contributed by atoms with Crippen molar-refractivity contribution in [2.45, 2.75) is 6.42 Å². The number of hydrogen-bond donors (Lipinski definition) is 1. The number of benzene rings is 1. The molecule has 0 amide bonds. The van der Waals surface area contributed by atoms with Gasteiger partial charge in [0.1, 0.15) is 0 Å². The molecule has 0 radical (unpaired) electrons. The Morgan fingerprint density at radius 2 is 2.11 bits per heavy atom. The summed E-state index contributed by atoms with van der Waals surface area (Å²) < 4.78 is 10.4. The quantitative estimate of drug-likeness (QED) is 0.387. The normalized spacial score (nSPS) is 10.7. The fourth-order valence-electron chi connectivity index (χ4n) is 1.53. The Morgan fingerprint density at radius 1 is 1.37 bits per heavy atom. The maximum atomic E-state index is 8.52. The van der Waals surface area contributed by atoms with E-state index in [1.807, 2.05) is 30.6 Å². The number of rotatable bonds is 5. The van der Waals surface area contributed by atoms with Crippen LogP contribution >= 0.6 is 11.8 Å². The fraction of sp³-hybridized carbons (Fsp3) is 0.385. The average Bonchev–Trinajstić information content (AvgIpc) is 2.46. The molecule has 1 N–H and O–H groups in total. The van der Waals surface area contributed by atoms with Gasteiger partial charge < -0.3 is 9.47 Å². The second-order valence-corrected chi connectivity index (χ2v) is 4.36. The summed E-state index contributed by atoms with van der Waals surface area (Å²) in [5.41, 5.74) is 1.11. The fourth-order valence-corrected chi connectivity index (χ4v) is 1.89. The van der Waals surface area contributed by atoms with Crippen LogP contribution in [0.15, 0.2) is 23.2 Å². The van der Waals surface area contributed by atoms with Crippen molar-refractivity contribution in [3.63, 3.8) is 0 Å². The Kier molecular flexibility index (Phi) is 6.61. The van der Waals surface area contributed by atoms with E-state index >= 15 is 0 Å². The van der Waals surface area contributed by atoms with E-state index in [0.29, 0.717) is 23.2 Å². The zero-order valence-electron chi connectivity index (χ0n) is 11.3. The third-order valence-corrected chi connectivity index (χ3v) is 3.08. The second-order valence-electron chi connectivity index (χ2n) is 3.57. The number of hydrogen-bond acceptors (Lipinski definition) is 5. The molecule has 0 fully saturated rings. The minimum atomic E-state index is 0.611. The van der Waals surface area contributed by atoms with Crippen LogP contribution in [0.4, 0.5) is 0 Å². The van der Waals surface area contributed by atoms with E-state index in [4.69, 9.17) is 14.7 Å². The molecule has 0 saturated carbocycles. The highest BCUT2D eigenvalue weighted by Crippen LogP contribution is 2.27. The molecule has 1 aromatic rings. The van der Waals surface area contributed by atoms with Gasteiger partial charge in [-0.3, -0.25) is 10.3 Å². The molecule has 0 aliphatic rings. The first-order valence-corrected chi connectivity index (χ1v) is 6.92. The predicted molar refractivity (Wildman–Crippen MR) is 77.8 cm³/mol. The lowest BCUT2D eigenvalue weighted by molar-refractivity contribution is 0.354. The molecule has 0 heterocycles. The van der Waals surface area contributed by atoms with Crippen LogP contribution in [0, 0.1) is 11.5 Å². The van der Waals surface area contributed by atoms with Crippen LogP contribution in [0.3, 0.4) is 0 Å². The van der Waals surface area contributed by atoms with Gasteiger partial charge in [0.25, 0.3) is 0 Å². The molecule has 0 spiro atoms. The van der Waals surface area contributed by atoms with Crippen molar-refractivity contribution in [3.05, 3.63) is 23.8 Å². The Morgan fingerprint density at radius 3 is 2.68 bits per heavy atom. The topological polar surface area (TPSA) is 66.6 Å². The van der Waals surface area contributed by atoms with Crippen LogP contribution in [0.25, 0.3) is 0 Å². The summed E-state index contributed by atoms with van der Waals surface area (Å²) in [6.45, 7) is 0.611. The summed E-state index contributed by atoms with van der Waals surface area (Å²) in [6, 6.07) is 5.79. The average molecular weight is 279 g/mol. The Labute approximate surface area is 117 Å². The molecule has 102 valence electrons. The van der Waals surface area contributed by atoms with Gasteiger partial charge in [-0.2, -0.15) is 5.26 Å². The van der Waals surface area contributed by atoms with Gasteiger partial charge in [-0.05, 0) is 30.4 Å². The summed E-state index contributed by atoms with van der Waals surface area (Å²) in [4.78, 5) is 4.30. The molecular weight excluding hydrogens is 262 g/mol. The summed E-state index contributed by atoms with van der Waals surface area (Å²) in [7, 11) is 3.22. The molecule has 0 saturated heterocycles. The minimum Gasteiger partial charge on any atom is -0.493 e. The summed E-state index contributed by atoms with van der Waals surface area (Å²) >= 11 is 1.42. The number of aliphatic imine (C=N–C) groups is 1. The van der Waals surface area contributed by atoms with Gasteiger partial charge in [0, 0.05) is 6.54 Å². The molecule has 0 aliphatic carbocycles. The molecule has 1 aromatic carbocycles. The molecule has 1 rings (SSSR count). The van der Waals surface area contributed by atoms with Gasteiger partial charge in [-0.1, -0.05) is 17.8 Å². The number of nitriles is 1. The van der Waals surface area contributed by atoms with Gasteiger partial charge in [0.15, 0.2) is 22.9 Å². The molecule has 0 aromatic heterocycles. The van der Waals surface area contributed by atoms with Crippen molar-refractivity contribution in [3.8, 4) is 17.7 Å². The number of thioether (sulfide) groups is 1. The van der Waals surface area contributed by atoms with Crippen molar-refractivity contribution in [2.24, 2.45) is 4.99 Å². The summed E-state index contributed by atoms with van der Waals surface area (Å²) in [6.07, 6.45) is 4.51. The van der Waals surface area contributed by atoms with Gasteiger partial charge >= 0.3 is 0 Å². The number of nitrogens with one attached hydrogen (secondary N) is 1. The minimum absolute atomic E-state index is 0.611. The SMILES string of the molecule is COc1ccc(CCN=C(NC#N)SC)cc1OC. The highest BCUT2D eigenvalue weighted by atomic mass is 32.2. The largest absolute Gasteiger partial charge is 0.493 e. The first kappa shape index (κ1) is 15.2. The Hall–Kier alpha value is -1.87. The smallest absolute Gasteiger partial charge is 0.183 e. The van der Waals surface area contributed by atoms with Crippen molar-refractivity contribution in [1.29, 1.82) is 5.26 Å². The lowest BCUT2D eigenvalue weighted by atomic mass is 10.1. The van der Waals surface area contributed by atoms with Crippen LogP contribution in [-0.2, 0) is 6.42 Å². The third kappa shape index (κ3) is 4.72. The molecule has 5 nitrogen and oxygen atoms in total. The van der Waals surface area contributed by atoms with Crippen LogP contribution in [0.2, 0.25) is 0 Å². The lowest BCUT2D eigenvalue weighted by Gasteiger charge is -2.09. The van der Waals surface area contributed by atoms with E-state index in [1.165, 1.54) is 11.8 Å². The highest BCUT2D eigenvalue weighted by molar-refractivity contribution is 8.13. The maximum Gasteiger partial charge on any atom is 0.183 e. The lowest BCUT2D eigenvalue weighted by Crippen LogP contribution is -2.13. The number of nitrogens with zero attached hydrogens (tertiary/aromatic N) is 2. The Balaban J connectivity index is 2.66. The molecule has 0 aliphatic heterocycles. The van der Waals surface area contributed by atoms with Crippen LogP contribution < -0.4 is 14.8 Å². The Bertz CT molecular complexity index is 483. The highest BCUT2D eigenvalue weighted by Gasteiger charge is 2.04. The molecule has 0 unspecified atom stereocenters. The standard InChI is InChI=1S/C13H17N3O2S/c1-17-11-5-4-10(8-12(11)18-2)6-7-15-13(19-3)16-9-14/h4-5,8H,6-7H2,1-3H3,(H,15,16). The summed E-state index contributed by atoms with van der Waals surface area (Å²) in [5.74, 6) is 1.43. The number of methoxy groups -OCH3 is 2. The number of ether oxygens (including phenoxy) is 2. The van der Waals surface area contributed by atoms with E-state index in [0.717, 1.165) is 12.0 Å². The van der Waals surface area contributed by atoms with E-state index in [1.54, 1.807) is 14.2 Å². The van der Waals surface area contributed by atoms with Gasteiger partial charge in [-0.25, -0.2) is 0 Å². The van der Waals surface area contributed by atoms with Gasteiger partial charge in [0.05, 0.1) is 14.2 Å². The number of amidine groups is 1. The van der Waals surface area contributed by atoms with E-state index < -0.39 is 0 Å².